The molecule has 0 unspecified atom stereocenters. The van der Waals surface area contributed by atoms with E-state index in [1.54, 1.807) is 11.3 Å². The lowest BCUT2D eigenvalue weighted by molar-refractivity contribution is -0.133. The van der Waals surface area contributed by atoms with Gasteiger partial charge in [-0.3, -0.25) is 9.69 Å². The molecular formula is C29H28N4O2S. The molecule has 2 saturated heterocycles. The fourth-order valence-corrected chi connectivity index (χ4v) is 6.62. The van der Waals surface area contributed by atoms with Gasteiger partial charge >= 0.3 is 6.03 Å². The van der Waals surface area contributed by atoms with Crippen molar-refractivity contribution < 1.29 is 9.59 Å². The summed E-state index contributed by atoms with van der Waals surface area (Å²) in [5.74, 6) is -0.157. The molecule has 3 heterocycles. The van der Waals surface area contributed by atoms with Gasteiger partial charge in [0.15, 0.2) is 0 Å². The topological polar surface area (TPSA) is 65.5 Å². The second-order valence-corrected chi connectivity index (χ2v) is 10.8. The molecule has 4 aromatic rings. The Labute approximate surface area is 214 Å². The third-order valence-electron chi connectivity index (χ3n) is 7.23. The molecule has 182 valence electrons. The summed E-state index contributed by atoms with van der Waals surface area (Å²) in [7, 11) is 0. The van der Waals surface area contributed by atoms with E-state index in [1.807, 2.05) is 78.9 Å². The summed E-state index contributed by atoms with van der Waals surface area (Å²) in [6.45, 7) is 1.11. The van der Waals surface area contributed by atoms with Gasteiger partial charge in [-0.25, -0.2) is 14.7 Å². The van der Waals surface area contributed by atoms with Gasteiger partial charge in [0, 0.05) is 19.4 Å². The van der Waals surface area contributed by atoms with E-state index in [4.69, 9.17) is 4.98 Å². The standard InChI is InChI=1S/C29H28N4O2S/c34-27-29(18-21-10-3-1-4-11-21,19-22-12-5-2-6-13-22)31-28(35)33(27)20-32-17-9-15-24(32)26-30-23-14-7-8-16-25(23)36-26/h1-8,10-14,16,24H,9,15,17-20H2,(H,31,35)/t24-/m0/s1. The van der Waals surface area contributed by atoms with Gasteiger partial charge in [-0.05, 0) is 36.1 Å². The molecule has 2 fully saturated rings. The van der Waals surface area contributed by atoms with Crippen molar-refractivity contribution in [2.45, 2.75) is 37.3 Å². The fraction of sp³-hybridized carbons (Fsp3) is 0.276. The summed E-state index contributed by atoms with van der Waals surface area (Å²) in [5.41, 5.74) is 2.05. The second-order valence-electron chi connectivity index (χ2n) is 9.70. The Balaban J connectivity index is 1.27. The Bertz CT molecular complexity index is 1310. The smallest absolute Gasteiger partial charge is 0.322 e. The van der Waals surface area contributed by atoms with Crippen molar-refractivity contribution in [1.82, 2.24) is 20.1 Å². The van der Waals surface area contributed by atoms with Gasteiger partial charge in [0.25, 0.3) is 5.91 Å². The molecule has 0 spiro atoms. The van der Waals surface area contributed by atoms with Crippen molar-refractivity contribution in [3.63, 3.8) is 0 Å². The molecular weight excluding hydrogens is 468 g/mol. The number of imide groups is 1. The third-order valence-corrected chi connectivity index (χ3v) is 8.36. The molecule has 0 radical (unpaired) electrons. The Morgan fingerprint density at radius 3 is 2.19 bits per heavy atom. The number of amides is 3. The van der Waals surface area contributed by atoms with Crippen LogP contribution in [0.15, 0.2) is 84.9 Å². The molecule has 0 aliphatic carbocycles. The fourth-order valence-electron chi connectivity index (χ4n) is 5.48. The summed E-state index contributed by atoms with van der Waals surface area (Å²) < 4.78 is 1.17. The number of rotatable bonds is 7. The van der Waals surface area contributed by atoms with Crippen molar-refractivity contribution in [1.29, 1.82) is 0 Å². The monoisotopic (exact) mass is 496 g/mol. The normalized spacial score (nSPS) is 19.8. The first-order valence-electron chi connectivity index (χ1n) is 12.4. The van der Waals surface area contributed by atoms with Crippen LogP contribution >= 0.6 is 11.3 Å². The number of aromatic nitrogens is 1. The lowest BCUT2D eigenvalue weighted by atomic mass is 9.84. The van der Waals surface area contributed by atoms with E-state index in [2.05, 4.69) is 16.3 Å². The highest BCUT2D eigenvalue weighted by molar-refractivity contribution is 7.18. The van der Waals surface area contributed by atoms with Crippen LogP contribution in [-0.4, -0.2) is 45.5 Å². The maximum atomic E-state index is 14.0. The van der Waals surface area contributed by atoms with Crippen LogP contribution in [0.5, 0.6) is 0 Å². The van der Waals surface area contributed by atoms with Crippen LogP contribution < -0.4 is 5.32 Å². The predicted molar refractivity (Wildman–Crippen MR) is 142 cm³/mol. The zero-order valence-electron chi connectivity index (χ0n) is 20.0. The van der Waals surface area contributed by atoms with Gasteiger partial charge in [0.1, 0.15) is 10.5 Å². The minimum atomic E-state index is -1.01. The van der Waals surface area contributed by atoms with E-state index in [9.17, 15) is 9.59 Å². The molecule has 0 bridgehead atoms. The summed E-state index contributed by atoms with van der Waals surface area (Å²) in [5, 5.41) is 4.17. The van der Waals surface area contributed by atoms with E-state index in [-0.39, 0.29) is 24.6 Å². The number of fused-ring (bicyclic) bond motifs is 1. The lowest BCUT2D eigenvalue weighted by Gasteiger charge is -2.29. The maximum Gasteiger partial charge on any atom is 0.326 e. The number of thiazole rings is 1. The third kappa shape index (κ3) is 4.29. The van der Waals surface area contributed by atoms with Crippen LogP contribution in [-0.2, 0) is 17.6 Å². The van der Waals surface area contributed by atoms with Crippen molar-refractivity contribution in [3.05, 3.63) is 101 Å². The molecule has 2 aliphatic rings. The van der Waals surface area contributed by atoms with Crippen LogP contribution in [0.2, 0.25) is 0 Å². The van der Waals surface area contributed by atoms with Crippen LogP contribution in [0, 0.1) is 0 Å². The summed E-state index contributed by atoms with van der Waals surface area (Å²) >= 11 is 1.70. The number of para-hydroxylation sites is 1. The molecule has 7 heteroatoms. The molecule has 2 aliphatic heterocycles. The largest absolute Gasteiger partial charge is 0.326 e. The van der Waals surface area contributed by atoms with Gasteiger partial charge in [0.05, 0.1) is 22.9 Å². The minimum Gasteiger partial charge on any atom is -0.322 e. The number of carbonyl (C=O) groups excluding carboxylic acids is 2. The van der Waals surface area contributed by atoms with Crippen LogP contribution in [0.1, 0.15) is 35.0 Å². The summed E-state index contributed by atoms with van der Waals surface area (Å²) in [4.78, 5) is 35.8. The quantitative estimate of drug-likeness (QED) is 0.359. The minimum absolute atomic E-state index is 0.112. The van der Waals surface area contributed by atoms with Crippen molar-refractivity contribution >= 4 is 33.5 Å². The highest BCUT2D eigenvalue weighted by Crippen LogP contribution is 2.37. The zero-order chi connectivity index (χ0) is 24.5. The molecule has 1 aromatic heterocycles. The molecule has 36 heavy (non-hydrogen) atoms. The Hall–Kier alpha value is -3.55. The lowest BCUT2D eigenvalue weighted by Crippen LogP contribution is -2.51. The summed E-state index contributed by atoms with van der Waals surface area (Å²) in [6, 6.07) is 27.8. The molecule has 3 amide bonds. The number of urea groups is 1. The molecule has 0 saturated carbocycles. The van der Waals surface area contributed by atoms with Crippen molar-refractivity contribution in [3.8, 4) is 0 Å². The number of hydrogen-bond acceptors (Lipinski definition) is 5. The Morgan fingerprint density at radius 2 is 1.53 bits per heavy atom. The van der Waals surface area contributed by atoms with E-state index in [0.717, 1.165) is 41.0 Å². The zero-order valence-corrected chi connectivity index (χ0v) is 20.8. The van der Waals surface area contributed by atoms with E-state index < -0.39 is 5.54 Å². The molecule has 3 aromatic carbocycles. The molecule has 6 nitrogen and oxygen atoms in total. The van der Waals surface area contributed by atoms with Gasteiger partial charge in [-0.15, -0.1) is 11.3 Å². The first-order chi connectivity index (χ1) is 17.6. The number of nitrogens with one attached hydrogen (secondary N) is 1. The average molecular weight is 497 g/mol. The van der Waals surface area contributed by atoms with Gasteiger partial charge in [0.2, 0.25) is 0 Å². The van der Waals surface area contributed by atoms with Gasteiger partial charge < -0.3 is 5.32 Å². The van der Waals surface area contributed by atoms with Crippen molar-refractivity contribution in [2.24, 2.45) is 0 Å². The second kappa shape index (κ2) is 9.48. The molecule has 1 N–H and O–H groups in total. The first-order valence-corrected chi connectivity index (χ1v) is 13.2. The number of carbonyl (C=O) groups is 2. The average Bonchev–Trinajstić information content (AvgIpc) is 3.59. The van der Waals surface area contributed by atoms with Crippen LogP contribution in [0.3, 0.4) is 0 Å². The maximum absolute atomic E-state index is 14.0. The number of hydrogen-bond donors (Lipinski definition) is 1. The highest BCUT2D eigenvalue weighted by Gasteiger charge is 2.52. The molecule has 1 atom stereocenters. The van der Waals surface area contributed by atoms with E-state index >= 15 is 0 Å². The first kappa shape index (κ1) is 22.9. The number of nitrogens with zero attached hydrogens (tertiary/aromatic N) is 3. The van der Waals surface area contributed by atoms with Gasteiger partial charge in [-0.2, -0.15) is 0 Å². The highest BCUT2D eigenvalue weighted by atomic mass is 32.1. The SMILES string of the molecule is O=C1NC(Cc2ccccc2)(Cc2ccccc2)C(=O)N1CN1CCC[C@H]1c1nc2ccccc2s1. The van der Waals surface area contributed by atoms with E-state index in [1.165, 1.54) is 9.60 Å². The van der Waals surface area contributed by atoms with Crippen molar-refractivity contribution in [2.75, 3.05) is 13.2 Å². The summed E-state index contributed by atoms with van der Waals surface area (Å²) in [6.07, 6.45) is 2.89. The van der Waals surface area contributed by atoms with E-state index in [0.29, 0.717) is 12.8 Å². The Kier molecular flexibility index (Phi) is 6.03. The van der Waals surface area contributed by atoms with Gasteiger partial charge in [-0.1, -0.05) is 72.8 Å². The Morgan fingerprint density at radius 1 is 0.889 bits per heavy atom. The van der Waals surface area contributed by atoms with Crippen LogP contribution in [0.4, 0.5) is 4.79 Å². The van der Waals surface area contributed by atoms with Crippen LogP contribution in [0.25, 0.3) is 10.2 Å². The number of benzene rings is 3. The number of likely N-dealkylation sites (tertiary alicyclic amines) is 1. The molecule has 6 rings (SSSR count). The predicted octanol–water partition coefficient (Wildman–Crippen LogP) is 5.17.